The van der Waals surface area contributed by atoms with Crippen molar-refractivity contribution in [2.75, 3.05) is 26.8 Å². The van der Waals surface area contributed by atoms with E-state index in [2.05, 4.69) is 15.0 Å². The number of ether oxygens (including phenoxy) is 1. The Labute approximate surface area is 126 Å². The topological polar surface area (TPSA) is 51.4 Å². The van der Waals surface area contributed by atoms with Crippen molar-refractivity contribution in [3.63, 3.8) is 0 Å². The number of likely N-dealkylation sites (N-methyl/N-ethyl adjacent to an activating group) is 1. The van der Waals surface area contributed by atoms with Gasteiger partial charge in [-0.25, -0.2) is 4.39 Å². The Morgan fingerprint density at radius 2 is 2.33 bits per heavy atom. The molecular formula is C14H15ClFN3O2. The molecule has 5 nitrogen and oxygen atoms in total. The highest BCUT2D eigenvalue weighted by molar-refractivity contribution is 6.30. The maximum atomic E-state index is 13.9. The van der Waals surface area contributed by atoms with Crippen molar-refractivity contribution < 1.29 is 13.7 Å². The molecule has 1 saturated heterocycles. The lowest BCUT2D eigenvalue weighted by Crippen LogP contribution is -2.36. The molecule has 3 rings (SSSR count). The van der Waals surface area contributed by atoms with E-state index in [0.717, 1.165) is 6.54 Å². The van der Waals surface area contributed by atoms with Gasteiger partial charge in [0, 0.05) is 13.0 Å². The molecule has 1 unspecified atom stereocenters. The molecule has 1 aromatic carbocycles. The Morgan fingerprint density at radius 1 is 1.48 bits per heavy atom. The summed E-state index contributed by atoms with van der Waals surface area (Å²) in [5.41, 5.74) is 0.447. The molecule has 1 aliphatic rings. The van der Waals surface area contributed by atoms with Crippen molar-refractivity contribution in [1.82, 2.24) is 15.0 Å². The normalized spacial score (nSPS) is 19.9. The Balaban J connectivity index is 1.77. The molecule has 112 valence electrons. The van der Waals surface area contributed by atoms with Crippen LogP contribution in [0.3, 0.4) is 0 Å². The summed E-state index contributed by atoms with van der Waals surface area (Å²) < 4.78 is 24.6. The SMILES string of the molecule is CN1CCOCC1c1nc(Cc2cccc(Cl)c2F)no1. The largest absolute Gasteiger partial charge is 0.378 e. The van der Waals surface area contributed by atoms with Crippen LogP contribution in [0, 0.1) is 5.82 Å². The van der Waals surface area contributed by atoms with Crippen LogP contribution in [-0.2, 0) is 11.2 Å². The van der Waals surface area contributed by atoms with Gasteiger partial charge in [-0.1, -0.05) is 28.9 Å². The van der Waals surface area contributed by atoms with Crippen molar-refractivity contribution in [3.05, 3.63) is 46.3 Å². The lowest BCUT2D eigenvalue weighted by atomic mass is 10.1. The highest BCUT2D eigenvalue weighted by Crippen LogP contribution is 2.23. The summed E-state index contributed by atoms with van der Waals surface area (Å²) in [6.07, 6.45) is 0.243. The first-order chi connectivity index (χ1) is 10.1. The number of benzene rings is 1. The van der Waals surface area contributed by atoms with Crippen molar-refractivity contribution in [1.29, 1.82) is 0 Å². The van der Waals surface area contributed by atoms with Gasteiger partial charge in [0.25, 0.3) is 0 Å². The van der Waals surface area contributed by atoms with E-state index in [1.165, 1.54) is 6.07 Å². The molecule has 2 aromatic rings. The van der Waals surface area contributed by atoms with Crippen LogP contribution in [0.2, 0.25) is 5.02 Å². The summed E-state index contributed by atoms with van der Waals surface area (Å²) in [6, 6.07) is 4.82. The van der Waals surface area contributed by atoms with Gasteiger partial charge in [0.1, 0.15) is 11.9 Å². The molecule has 0 N–H and O–H groups in total. The lowest BCUT2D eigenvalue weighted by Gasteiger charge is -2.29. The van der Waals surface area contributed by atoms with E-state index in [-0.39, 0.29) is 17.5 Å². The van der Waals surface area contributed by atoms with E-state index in [1.807, 2.05) is 7.05 Å². The molecule has 7 heteroatoms. The number of halogens is 2. The van der Waals surface area contributed by atoms with Crippen molar-refractivity contribution in [2.45, 2.75) is 12.5 Å². The minimum absolute atomic E-state index is 0.0517. The first kappa shape index (κ1) is 14.4. The molecule has 21 heavy (non-hydrogen) atoms. The second kappa shape index (κ2) is 6.09. The standard InChI is InChI=1S/C14H15ClFN3O2/c1-19-5-6-20-8-11(19)14-17-12(18-21-14)7-9-3-2-4-10(15)13(9)16/h2-4,11H,5-8H2,1H3. The van der Waals surface area contributed by atoms with Gasteiger partial charge in [-0.05, 0) is 18.7 Å². The monoisotopic (exact) mass is 311 g/mol. The second-order valence-corrected chi connectivity index (χ2v) is 5.42. The molecule has 1 aromatic heterocycles. The molecule has 2 heterocycles. The average molecular weight is 312 g/mol. The number of hydrogen-bond acceptors (Lipinski definition) is 5. The summed E-state index contributed by atoms with van der Waals surface area (Å²) in [5, 5.41) is 4.01. The van der Waals surface area contributed by atoms with Gasteiger partial charge in [0.2, 0.25) is 5.89 Å². The fourth-order valence-electron chi connectivity index (χ4n) is 2.28. The van der Waals surface area contributed by atoms with Gasteiger partial charge in [-0.15, -0.1) is 0 Å². The average Bonchev–Trinajstić information content (AvgIpc) is 2.93. The number of rotatable bonds is 3. The van der Waals surface area contributed by atoms with Gasteiger partial charge in [0.05, 0.1) is 18.2 Å². The Bertz CT molecular complexity index is 634. The number of hydrogen-bond donors (Lipinski definition) is 0. The molecule has 0 radical (unpaired) electrons. The Kier molecular flexibility index (Phi) is 4.19. The van der Waals surface area contributed by atoms with Crippen molar-refractivity contribution in [3.8, 4) is 0 Å². The van der Waals surface area contributed by atoms with Crippen LogP contribution in [0.4, 0.5) is 4.39 Å². The number of morpholine rings is 1. The lowest BCUT2D eigenvalue weighted by molar-refractivity contribution is -0.00665. The predicted octanol–water partition coefficient (Wildman–Crippen LogP) is 2.46. The molecule has 0 spiro atoms. The van der Waals surface area contributed by atoms with Gasteiger partial charge in [-0.2, -0.15) is 4.98 Å². The van der Waals surface area contributed by atoms with Crippen molar-refractivity contribution >= 4 is 11.6 Å². The molecule has 0 saturated carbocycles. The predicted molar refractivity (Wildman–Crippen MR) is 74.7 cm³/mol. The zero-order valence-corrected chi connectivity index (χ0v) is 12.3. The number of aromatic nitrogens is 2. The number of nitrogens with zero attached hydrogens (tertiary/aromatic N) is 3. The minimum Gasteiger partial charge on any atom is -0.378 e. The van der Waals surface area contributed by atoms with Crippen LogP contribution >= 0.6 is 11.6 Å². The summed E-state index contributed by atoms with van der Waals surface area (Å²) in [5.74, 6) is 0.489. The summed E-state index contributed by atoms with van der Waals surface area (Å²) in [4.78, 5) is 6.44. The van der Waals surface area contributed by atoms with Crippen LogP contribution in [0.25, 0.3) is 0 Å². The van der Waals surface area contributed by atoms with E-state index in [0.29, 0.717) is 30.5 Å². The summed E-state index contributed by atoms with van der Waals surface area (Å²) >= 11 is 5.76. The summed E-state index contributed by atoms with van der Waals surface area (Å²) in [6.45, 7) is 2.02. The van der Waals surface area contributed by atoms with Crippen LogP contribution in [0.1, 0.15) is 23.3 Å². The molecule has 0 amide bonds. The van der Waals surface area contributed by atoms with Gasteiger partial charge in [0.15, 0.2) is 5.82 Å². The zero-order chi connectivity index (χ0) is 14.8. The van der Waals surface area contributed by atoms with Gasteiger partial charge >= 0.3 is 0 Å². The van der Waals surface area contributed by atoms with Crippen LogP contribution in [0.15, 0.2) is 22.7 Å². The smallest absolute Gasteiger partial charge is 0.246 e. The molecule has 1 aliphatic heterocycles. The third kappa shape index (κ3) is 3.07. The first-order valence-electron chi connectivity index (χ1n) is 6.68. The molecular weight excluding hydrogens is 297 g/mol. The maximum absolute atomic E-state index is 13.9. The van der Waals surface area contributed by atoms with E-state index in [4.69, 9.17) is 20.9 Å². The van der Waals surface area contributed by atoms with Crippen LogP contribution < -0.4 is 0 Å². The molecule has 1 atom stereocenters. The zero-order valence-electron chi connectivity index (χ0n) is 11.6. The maximum Gasteiger partial charge on any atom is 0.246 e. The summed E-state index contributed by atoms with van der Waals surface area (Å²) in [7, 11) is 1.98. The Morgan fingerprint density at radius 3 is 3.14 bits per heavy atom. The quantitative estimate of drug-likeness (QED) is 0.871. The third-order valence-corrected chi connectivity index (χ3v) is 3.84. The van der Waals surface area contributed by atoms with E-state index in [1.54, 1.807) is 12.1 Å². The van der Waals surface area contributed by atoms with Crippen LogP contribution in [0.5, 0.6) is 0 Å². The minimum atomic E-state index is -0.441. The van der Waals surface area contributed by atoms with E-state index in [9.17, 15) is 4.39 Å². The Hall–Kier alpha value is -1.50. The molecule has 0 bridgehead atoms. The van der Waals surface area contributed by atoms with E-state index >= 15 is 0 Å². The van der Waals surface area contributed by atoms with E-state index < -0.39 is 5.82 Å². The third-order valence-electron chi connectivity index (χ3n) is 3.55. The molecule has 0 aliphatic carbocycles. The van der Waals surface area contributed by atoms with Gasteiger partial charge in [-0.3, -0.25) is 4.90 Å². The van der Waals surface area contributed by atoms with Crippen molar-refractivity contribution in [2.24, 2.45) is 0 Å². The second-order valence-electron chi connectivity index (χ2n) is 5.01. The van der Waals surface area contributed by atoms with Crippen LogP contribution in [-0.4, -0.2) is 41.8 Å². The fourth-order valence-corrected chi connectivity index (χ4v) is 2.47. The highest BCUT2D eigenvalue weighted by Gasteiger charge is 2.26. The highest BCUT2D eigenvalue weighted by atomic mass is 35.5. The first-order valence-corrected chi connectivity index (χ1v) is 7.06. The fraction of sp³-hybridized carbons (Fsp3) is 0.429. The molecule has 1 fully saturated rings. The van der Waals surface area contributed by atoms with Gasteiger partial charge < -0.3 is 9.26 Å².